The summed E-state index contributed by atoms with van der Waals surface area (Å²) in [6, 6.07) is 1.46. The van der Waals surface area contributed by atoms with Crippen LogP contribution in [0, 0.1) is 19.8 Å². The lowest BCUT2D eigenvalue weighted by molar-refractivity contribution is 0.0547. The Labute approximate surface area is 220 Å². The highest BCUT2D eigenvalue weighted by molar-refractivity contribution is 7.98. The van der Waals surface area contributed by atoms with E-state index >= 15 is 0 Å². The number of carbonyl (C=O) groups is 1. The Kier molecular flexibility index (Phi) is 10.2. The molecule has 0 spiro atoms. The van der Waals surface area contributed by atoms with Gasteiger partial charge < -0.3 is 24.2 Å². The molecular weight excluding hydrogens is 494 g/mol. The Hall–Kier alpha value is -2.30. The van der Waals surface area contributed by atoms with Crippen molar-refractivity contribution in [3.05, 3.63) is 47.1 Å². The molecule has 0 saturated heterocycles. The molecule has 36 heavy (non-hydrogen) atoms. The first-order chi connectivity index (χ1) is 16.8. The number of hydrogen-bond acceptors (Lipinski definition) is 9. The Morgan fingerprint density at radius 1 is 1.31 bits per heavy atom. The molecule has 1 aromatic heterocycles. The van der Waals surface area contributed by atoms with Gasteiger partial charge in [-0.3, -0.25) is 0 Å². The second-order valence-electron chi connectivity index (χ2n) is 10.2. The number of ether oxygens (including phenoxy) is 2. The van der Waals surface area contributed by atoms with Crippen LogP contribution in [0.2, 0.25) is 18.1 Å². The maximum Gasteiger partial charge on any atom is 0.339 e. The summed E-state index contributed by atoms with van der Waals surface area (Å²) in [6.07, 6.45) is 1.55. The first-order valence-electron chi connectivity index (χ1n) is 12.1. The van der Waals surface area contributed by atoms with Gasteiger partial charge in [0, 0.05) is 28.7 Å². The molecule has 0 radical (unpaired) electrons. The number of carbonyl (C=O) groups excluding carboxylic acids is 1. The lowest BCUT2D eigenvalue weighted by Crippen LogP contribution is -2.48. The van der Waals surface area contributed by atoms with Crippen molar-refractivity contribution in [2.75, 3.05) is 19.5 Å². The van der Waals surface area contributed by atoms with Crippen LogP contribution in [0.5, 0.6) is 11.5 Å². The van der Waals surface area contributed by atoms with Crippen LogP contribution in [0.3, 0.4) is 0 Å². The lowest BCUT2D eigenvalue weighted by Gasteiger charge is -2.43. The van der Waals surface area contributed by atoms with Crippen LogP contribution in [0.15, 0.2) is 23.2 Å². The van der Waals surface area contributed by atoms with Crippen LogP contribution in [0.4, 0.5) is 0 Å². The van der Waals surface area contributed by atoms with Gasteiger partial charge in [0.15, 0.2) is 5.82 Å². The summed E-state index contributed by atoms with van der Waals surface area (Å²) in [7, 11) is -0.716. The normalized spacial score (nSPS) is 13.0. The molecule has 1 heterocycles. The van der Waals surface area contributed by atoms with E-state index in [0.29, 0.717) is 51.8 Å². The Bertz CT molecular complexity index is 1070. The molecule has 0 bridgehead atoms. The Morgan fingerprint density at radius 2 is 1.97 bits per heavy atom. The zero-order valence-corrected chi connectivity index (χ0v) is 24.9. The summed E-state index contributed by atoms with van der Waals surface area (Å²) in [5, 5.41) is 3.79. The number of esters is 1. The van der Waals surface area contributed by atoms with Crippen molar-refractivity contribution in [3.8, 4) is 11.5 Å². The molecule has 1 atom stereocenters. The standard InChI is InChI=1S/C26H41N3O5SSi/c1-11-12-32-25(30)23-17(4)21(31-8)13-22(34-36(9,10)26(6,7)16(2)3)19(23)14-35-15-20(27)24-28-18(5)29-33-24/h11,13,16,20H,1,12,14-15,27H2,2-10H3. The lowest BCUT2D eigenvalue weighted by atomic mass is 9.99. The average Bonchev–Trinajstić information content (AvgIpc) is 3.24. The minimum absolute atomic E-state index is 0.0305. The van der Waals surface area contributed by atoms with E-state index in [9.17, 15) is 4.79 Å². The number of thioether (sulfide) groups is 1. The van der Waals surface area contributed by atoms with Crippen molar-refractivity contribution in [1.82, 2.24) is 10.1 Å². The molecule has 0 aliphatic carbocycles. The van der Waals surface area contributed by atoms with Crippen molar-refractivity contribution in [1.29, 1.82) is 0 Å². The van der Waals surface area contributed by atoms with E-state index in [1.54, 1.807) is 31.9 Å². The van der Waals surface area contributed by atoms with Crippen LogP contribution in [-0.4, -0.2) is 43.9 Å². The highest BCUT2D eigenvalue weighted by atomic mass is 32.2. The molecule has 0 saturated carbocycles. The third kappa shape index (κ3) is 6.71. The summed E-state index contributed by atoms with van der Waals surface area (Å²) in [6.45, 7) is 20.7. The third-order valence-electron chi connectivity index (χ3n) is 7.13. The highest BCUT2D eigenvalue weighted by Gasteiger charge is 2.45. The van der Waals surface area contributed by atoms with Crippen molar-refractivity contribution in [2.24, 2.45) is 11.7 Å². The van der Waals surface area contributed by atoms with Crippen molar-refractivity contribution in [3.63, 3.8) is 0 Å². The van der Waals surface area contributed by atoms with E-state index in [-0.39, 0.29) is 11.6 Å². The van der Waals surface area contributed by atoms with E-state index in [1.807, 2.05) is 13.0 Å². The highest BCUT2D eigenvalue weighted by Crippen LogP contribution is 2.47. The average molecular weight is 536 g/mol. The molecule has 2 aromatic rings. The SMILES string of the molecule is C=CCOC(=O)c1c(C)c(OC)cc(O[Si](C)(C)C(C)(C)C(C)C)c1CSCC(N)c1nc(C)no1. The van der Waals surface area contributed by atoms with Crippen LogP contribution in [0.25, 0.3) is 0 Å². The molecule has 200 valence electrons. The second kappa shape index (κ2) is 12.3. The van der Waals surface area contributed by atoms with Crippen LogP contribution < -0.4 is 14.9 Å². The molecule has 1 unspecified atom stereocenters. The molecular formula is C26H41N3O5SSi. The molecule has 8 nitrogen and oxygen atoms in total. The van der Waals surface area contributed by atoms with E-state index in [4.69, 9.17) is 24.2 Å². The number of aromatic nitrogens is 2. The monoisotopic (exact) mass is 535 g/mol. The van der Waals surface area contributed by atoms with Gasteiger partial charge in [-0.15, -0.1) is 0 Å². The van der Waals surface area contributed by atoms with Crippen LogP contribution >= 0.6 is 11.8 Å². The number of rotatable bonds is 13. The first-order valence-corrected chi connectivity index (χ1v) is 16.1. The summed E-state index contributed by atoms with van der Waals surface area (Å²) >= 11 is 1.56. The largest absolute Gasteiger partial charge is 0.543 e. The number of methoxy groups -OCH3 is 1. The Morgan fingerprint density at radius 3 is 2.50 bits per heavy atom. The molecule has 0 amide bonds. The zero-order chi connectivity index (χ0) is 27.3. The van der Waals surface area contributed by atoms with Gasteiger partial charge in [-0.1, -0.05) is 45.5 Å². The smallest absolute Gasteiger partial charge is 0.339 e. The van der Waals surface area contributed by atoms with Crippen molar-refractivity contribution >= 4 is 26.0 Å². The number of benzene rings is 1. The van der Waals surface area contributed by atoms with Gasteiger partial charge >= 0.3 is 5.97 Å². The molecule has 0 aliphatic heterocycles. The van der Waals surface area contributed by atoms with E-state index < -0.39 is 20.3 Å². The van der Waals surface area contributed by atoms with Gasteiger partial charge in [-0.2, -0.15) is 16.7 Å². The summed E-state index contributed by atoms with van der Waals surface area (Å²) < 4.78 is 23.2. The topological polar surface area (TPSA) is 110 Å². The van der Waals surface area contributed by atoms with E-state index in [0.717, 1.165) is 5.56 Å². The van der Waals surface area contributed by atoms with Gasteiger partial charge in [-0.05, 0) is 37.9 Å². The maximum absolute atomic E-state index is 13.2. The minimum atomic E-state index is -2.30. The van der Waals surface area contributed by atoms with Gasteiger partial charge in [0.1, 0.15) is 18.1 Å². The number of aryl methyl sites for hydroxylation is 1. The fraction of sp³-hybridized carbons (Fsp3) is 0.577. The number of nitrogens with two attached hydrogens (primary N) is 1. The summed E-state index contributed by atoms with van der Waals surface area (Å²) in [5.74, 6) is 3.12. The predicted molar refractivity (Wildman–Crippen MR) is 147 cm³/mol. The third-order valence-corrected chi connectivity index (χ3v) is 12.6. The molecule has 10 heteroatoms. The fourth-order valence-corrected chi connectivity index (χ4v) is 7.03. The van der Waals surface area contributed by atoms with E-state index in [1.165, 1.54) is 0 Å². The van der Waals surface area contributed by atoms with Crippen molar-refractivity contribution < 1.29 is 23.2 Å². The molecule has 1 aromatic carbocycles. The van der Waals surface area contributed by atoms with E-state index in [2.05, 4.69) is 57.5 Å². The quantitative estimate of drug-likeness (QED) is 0.188. The van der Waals surface area contributed by atoms with Gasteiger partial charge in [-0.25, -0.2) is 4.79 Å². The van der Waals surface area contributed by atoms with Crippen LogP contribution in [0.1, 0.15) is 66.9 Å². The second-order valence-corrected chi connectivity index (χ2v) is 15.8. The Balaban J connectivity index is 2.52. The molecule has 0 fully saturated rings. The predicted octanol–water partition coefficient (Wildman–Crippen LogP) is 5.99. The van der Waals surface area contributed by atoms with Gasteiger partial charge in [0.05, 0.1) is 18.7 Å². The zero-order valence-electron chi connectivity index (χ0n) is 23.1. The number of nitrogens with zero attached hydrogens (tertiary/aromatic N) is 2. The maximum atomic E-state index is 13.2. The molecule has 0 aliphatic rings. The number of hydrogen-bond donors (Lipinski definition) is 1. The van der Waals surface area contributed by atoms with Crippen LogP contribution in [-0.2, 0) is 10.5 Å². The molecule has 2 N–H and O–H groups in total. The summed E-state index contributed by atoms with van der Waals surface area (Å²) in [5.41, 5.74) is 8.20. The van der Waals surface area contributed by atoms with Gasteiger partial charge in [0.25, 0.3) is 8.32 Å². The minimum Gasteiger partial charge on any atom is -0.543 e. The van der Waals surface area contributed by atoms with Crippen molar-refractivity contribution in [2.45, 2.75) is 71.5 Å². The summed E-state index contributed by atoms with van der Waals surface area (Å²) in [4.78, 5) is 17.4. The first kappa shape index (κ1) is 29.9. The van der Waals surface area contributed by atoms with Gasteiger partial charge in [0.2, 0.25) is 5.89 Å². The molecule has 2 rings (SSSR count). The fourth-order valence-electron chi connectivity index (χ4n) is 3.64.